The fourth-order valence-electron chi connectivity index (χ4n) is 4.27. The average molecular weight is 273 g/mol. The van der Waals surface area contributed by atoms with Crippen LogP contribution in [0, 0.1) is 6.92 Å². The molecule has 108 valence electrons. The molecule has 1 aromatic carbocycles. The number of carboxylic acid groups (broad SMARTS) is 1. The molecule has 0 radical (unpaired) electrons. The lowest BCUT2D eigenvalue weighted by Gasteiger charge is -2.44. The molecule has 0 bridgehead atoms. The summed E-state index contributed by atoms with van der Waals surface area (Å²) >= 11 is 0. The van der Waals surface area contributed by atoms with Crippen molar-refractivity contribution in [2.45, 2.75) is 63.3 Å². The Morgan fingerprint density at radius 2 is 1.95 bits per heavy atom. The van der Waals surface area contributed by atoms with Crippen LogP contribution in [0.5, 0.6) is 0 Å². The summed E-state index contributed by atoms with van der Waals surface area (Å²) in [5.41, 5.74) is 10.1. The van der Waals surface area contributed by atoms with Crippen molar-refractivity contribution in [3.8, 4) is 0 Å². The quantitative estimate of drug-likeness (QED) is 0.820. The Kier molecular flexibility index (Phi) is 3.33. The number of hydrogen-bond donors (Lipinski definition) is 2. The maximum absolute atomic E-state index is 11.6. The van der Waals surface area contributed by atoms with Gasteiger partial charge in [-0.05, 0) is 60.8 Å². The molecule has 1 aromatic rings. The molecular formula is C17H23NO2. The topological polar surface area (TPSA) is 63.3 Å². The molecule has 1 fully saturated rings. The van der Waals surface area contributed by atoms with Gasteiger partial charge in [-0.15, -0.1) is 0 Å². The number of aryl methyl sites for hydroxylation is 1. The lowest BCUT2D eigenvalue weighted by atomic mass is 9.61. The van der Waals surface area contributed by atoms with Crippen molar-refractivity contribution in [3.63, 3.8) is 0 Å². The van der Waals surface area contributed by atoms with Gasteiger partial charge in [0.2, 0.25) is 0 Å². The van der Waals surface area contributed by atoms with Crippen LogP contribution in [0.4, 0.5) is 0 Å². The first-order valence-corrected chi connectivity index (χ1v) is 7.67. The maximum atomic E-state index is 11.6. The first-order chi connectivity index (χ1) is 9.53. The van der Waals surface area contributed by atoms with E-state index in [1.165, 1.54) is 37.7 Å². The van der Waals surface area contributed by atoms with Crippen LogP contribution in [0.2, 0.25) is 0 Å². The van der Waals surface area contributed by atoms with Gasteiger partial charge in [0, 0.05) is 6.04 Å². The fourth-order valence-corrected chi connectivity index (χ4v) is 4.27. The second kappa shape index (κ2) is 4.88. The Labute approximate surface area is 120 Å². The van der Waals surface area contributed by atoms with E-state index in [9.17, 15) is 9.90 Å². The van der Waals surface area contributed by atoms with E-state index in [-0.39, 0.29) is 11.5 Å². The molecule has 1 spiro atoms. The Hall–Kier alpha value is -1.35. The van der Waals surface area contributed by atoms with Crippen LogP contribution in [-0.2, 0) is 5.41 Å². The number of carboxylic acids is 1. The molecular weight excluding hydrogens is 250 g/mol. The summed E-state index contributed by atoms with van der Waals surface area (Å²) < 4.78 is 0. The van der Waals surface area contributed by atoms with Crippen molar-refractivity contribution in [2.75, 3.05) is 0 Å². The summed E-state index contributed by atoms with van der Waals surface area (Å²) in [7, 11) is 0. The molecule has 1 saturated carbocycles. The molecule has 20 heavy (non-hydrogen) atoms. The molecule has 0 amide bonds. The molecule has 0 heterocycles. The van der Waals surface area contributed by atoms with Crippen molar-refractivity contribution in [1.82, 2.24) is 0 Å². The largest absolute Gasteiger partial charge is 0.478 e. The highest BCUT2D eigenvalue weighted by molar-refractivity contribution is 5.90. The lowest BCUT2D eigenvalue weighted by molar-refractivity contribution is 0.0693. The van der Waals surface area contributed by atoms with Gasteiger partial charge in [0.15, 0.2) is 0 Å². The zero-order valence-corrected chi connectivity index (χ0v) is 12.1. The number of carbonyl (C=O) groups is 1. The van der Waals surface area contributed by atoms with Crippen LogP contribution in [0.1, 0.15) is 78.0 Å². The summed E-state index contributed by atoms with van der Waals surface area (Å²) in [4.78, 5) is 11.6. The van der Waals surface area contributed by atoms with Crippen LogP contribution in [-0.4, -0.2) is 11.1 Å². The third kappa shape index (κ3) is 2.05. The molecule has 2 aliphatic rings. The molecule has 3 N–H and O–H groups in total. The molecule has 1 unspecified atom stereocenters. The molecule has 3 nitrogen and oxygen atoms in total. The summed E-state index contributed by atoms with van der Waals surface area (Å²) in [6.07, 6.45) is 8.22. The third-order valence-electron chi connectivity index (χ3n) is 5.24. The van der Waals surface area contributed by atoms with Gasteiger partial charge in [0.05, 0.1) is 5.56 Å². The highest BCUT2D eigenvalue weighted by Gasteiger charge is 2.41. The van der Waals surface area contributed by atoms with Gasteiger partial charge in [-0.1, -0.05) is 25.3 Å². The number of nitrogens with two attached hydrogens (primary N) is 1. The molecule has 2 aliphatic carbocycles. The van der Waals surface area contributed by atoms with Crippen molar-refractivity contribution in [3.05, 3.63) is 34.4 Å². The van der Waals surface area contributed by atoms with E-state index >= 15 is 0 Å². The Morgan fingerprint density at radius 1 is 1.25 bits per heavy atom. The van der Waals surface area contributed by atoms with E-state index in [1.807, 2.05) is 6.92 Å². The number of benzene rings is 1. The highest BCUT2D eigenvalue weighted by Crippen LogP contribution is 2.50. The van der Waals surface area contributed by atoms with Gasteiger partial charge in [-0.25, -0.2) is 4.79 Å². The van der Waals surface area contributed by atoms with E-state index in [4.69, 9.17) is 5.73 Å². The van der Waals surface area contributed by atoms with Gasteiger partial charge < -0.3 is 10.8 Å². The van der Waals surface area contributed by atoms with E-state index in [0.717, 1.165) is 24.0 Å². The molecule has 3 rings (SSSR count). The predicted molar refractivity (Wildman–Crippen MR) is 79.1 cm³/mol. The maximum Gasteiger partial charge on any atom is 0.336 e. The minimum absolute atomic E-state index is 0.121. The number of rotatable bonds is 1. The van der Waals surface area contributed by atoms with E-state index < -0.39 is 5.97 Å². The minimum atomic E-state index is -0.840. The Morgan fingerprint density at radius 3 is 2.60 bits per heavy atom. The van der Waals surface area contributed by atoms with Gasteiger partial charge in [0.25, 0.3) is 0 Å². The van der Waals surface area contributed by atoms with Crippen LogP contribution in [0.15, 0.2) is 12.1 Å². The summed E-state index contributed by atoms with van der Waals surface area (Å²) in [5, 5.41) is 9.51. The average Bonchev–Trinajstić information content (AvgIpc) is 2.43. The van der Waals surface area contributed by atoms with Crippen LogP contribution in [0.3, 0.4) is 0 Å². The van der Waals surface area contributed by atoms with Crippen molar-refractivity contribution < 1.29 is 9.90 Å². The fraction of sp³-hybridized carbons (Fsp3) is 0.588. The lowest BCUT2D eigenvalue weighted by Crippen LogP contribution is -2.37. The van der Waals surface area contributed by atoms with Crippen LogP contribution in [0.25, 0.3) is 0 Å². The van der Waals surface area contributed by atoms with Gasteiger partial charge >= 0.3 is 5.97 Å². The van der Waals surface area contributed by atoms with Crippen molar-refractivity contribution in [1.29, 1.82) is 0 Å². The molecule has 1 atom stereocenters. The second-order valence-electron chi connectivity index (χ2n) is 6.57. The van der Waals surface area contributed by atoms with E-state index in [0.29, 0.717) is 5.56 Å². The number of hydrogen-bond acceptors (Lipinski definition) is 2. The second-order valence-corrected chi connectivity index (χ2v) is 6.57. The van der Waals surface area contributed by atoms with E-state index in [2.05, 4.69) is 6.07 Å². The van der Waals surface area contributed by atoms with Gasteiger partial charge in [-0.2, -0.15) is 0 Å². The summed E-state index contributed by atoms with van der Waals surface area (Å²) in [6.45, 7) is 1.99. The third-order valence-corrected chi connectivity index (χ3v) is 5.24. The van der Waals surface area contributed by atoms with Crippen LogP contribution >= 0.6 is 0 Å². The van der Waals surface area contributed by atoms with Crippen molar-refractivity contribution in [2.24, 2.45) is 5.73 Å². The first-order valence-electron chi connectivity index (χ1n) is 7.67. The summed E-state index contributed by atoms with van der Waals surface area (Å²) in [5.74, 6) is -0.840. The number of aromatic carboxylic acids is 1. The normalized spacial score (nSPS) is 24.4. The van der Waals surface area contributed by atoms with E-state index in [1.54, 1.807) is 6.07 Å². The van der Waals surface area contributed by atoms with Gasteiger partial charge in [0.1, 0.15) is 0 Å². The molecule has 0 aromatic heterocycles. The Balaban J connectivity index is 2.21. The standard InChI is InChI=1S/C17H23NO2/c1-11-9-12(16(19)20)15-13(10-11)17(8-5-14(15)18)6-3-2-4-7-17/h9-10,14H,2-8,18H2,1H3,(H,19,20). The van der Waals surface area contributed by atoms with Crippen LogP contribution < -0.4 is 5.73 Å². The summed E-state index contributed by atoms with van der Waals surface area (Å²) in [6, 6.07) is 3.86. The zero-order chi connectivity index (χ0) is 14.3. The highest BCUT2D eigenvalue weighted by atomic mass is 16.4. The minimum Gasteiger partial charge on any atom is -0.478 e. The van der Waals surface area contributed by atoms with Gasteiger partial charge in [-0.3, -0.25) is 0 Å². The predicted octanol–water partition coefficient (Wildman–Crippen LogP) is 3.69. The SMILES string of the molecule is Cc1cc(C(=O)O)c2c(c1)C1(CCCCC1)CCC2N. The molecule has 3 heteroatoms. The monoisotopic (exact) mass is 273 g/mol. The van der Waals surface area contributed by atoms with Crippen molar-refractivity contribution >= 4 is 5.97 Å². The zero-order valence-electron chi connectivity index (χ0n) is 12.1. The number of fused-ring (bicyclic) bond motifs is 2. The molecule has 0 aliphatic heterocycles. The Bertz CT molecular complexity index is 544. The first kappa shape index (κ1) is 13.6. The smallest absolute Gasteiger partial charge is 0.336 e. The molecule has 0 saturated heterocycles.